The number of pyridine rings is 1. The van der Waals surface area contributed by atoms with Crippen LogP contribution in [0.25, 0.3) is 0 Å². The lowest BCUT2D eigenvalue weighted by Gasteiger charge is -2.29. The molecule has 8 heteroatoms. The molecule has 1 aromatic heterocycles. The summed E-state index contributed by atoms with van der Waals surface area (Å²) in [4.78, 5) is 8.95. The molecule has 2 aromatic rings. The summed E-state index contributed by atoms with van der Waals surface area (Å²) in [5.41, 5.74) is 2.72. The highest BCUT2D eigenvalue weighted by Crippen LogP contribution is 2.37. The normalized spacial score (nSPS) is 19.4. The number of hydrogen-bond donors (Lipinski definition) is 3. The first kappa shape index (κ1) is 20.5. The Morgan fingerprint density at radius 3 is 2.77 bits per heavy atom. The van der Waals surface area contributed by atoms with Gasteiger partial charge in [0.2, 0.25) is 0 Å². The Bertz CT molecular complexity index is 1010. The fraction of sp³-hybridized carbons (Fsp3) is 0.318. The minimum absolute atomic E-state index is 0.130. The van der Waals surface area contributed by atoms with Crippen LogP contribution in [0.4, 0.5) is 5.82 Å². The second-order valence-electron chi connectivity index (χ2n) is 7.35. The van der Waals surface area contributed by atoms with Gasteiger partial charge in [0.15, 0.2) is 0 Å². The molecule has 1 atom stereocenters. The predicted octanol–water partition coefficient (Wildman–Crippen LogP) is 4.65. The highest BCUT2D eigenvalue weighted by molar-refractivity contribution is 6.35. The van der Waals surface area contributed by atoms with Crippen LogP contribution in [0.1, 0.15) is 36.6 Å². The first-order valence-corrected chi connectivity index (χ1v) is 10.7. The average molecular weight is 441 g/mol. The van der Waals surface area contributed by atoms with Crippen LogP contribution < -0.4 is 16.0 Å². The summed E-state index contributed by atoms with van der Waals surface area (Å²) in [6.45, 7) is 1.43. The number of hydrogen-bond acceptors (Lipinski definition) is 5. The zero-order valence-corrected chi connectivity index (χ0v) is 17.8. The highest BCUT2D eigenvalue weighted by Gasteiger charge is 2.31. The molecule has 0 saturated heterocycles. The lowest BCUT2D eigenvalue weighted by atomic mass is 10.1. The lowest BCUT2D eigenvalue weighted by molar-refractivity contribution is 0.530. The van der Waals surface area contributed by atoms with E-state index < -0.39 is 0 Å². The summed E-state index contributed by atoms with van der Waals surface area (Å²) in [5.74, 6) is 2.20. The van der Waals surface area contributed by atoms with E-state index in [0.29, 0.717) is 28.1 Å². The number of amidine groups is 1. The minimum Gasteiger partial charge on any atom is -0.370 e. The Labute approximate surface area is 186 Å². The molecule has 0 radical (unpaired) electrons. The highest BCUT2D eigenvalue weighted by atomic mass is 35.5. The average Bonchev–Trinajstić information content (AvgIpc) is 3.59. The summed E-state index contributed by atoms with van der Waals surface area (Å²) in [5, 5.41) is 20.3. The van der Waals surface area contributed by atoms with Gasteiger partial charge in [-0.3, -0.25) is 4.99 Å². The number of aliphatic imine (C=N–C) groups is 1. The fourth-order valence-corrected chi connectivity index (χ4v) is 3.77. The van der Waals surface area contributed by atoms with E-state index in [0.717, 1.165) is 30.2 Å². The van der Waals surface area contributed by atoms with E-state index >= 15 is 0 Å². The zero-order chi connectivity index (χ0) is 20.9. The maximum absolute atomic E-state index is 8.82. The van der Waals surface area contributed by atoms with Crippen molar-refractivity contribution < 1.29 is 0 Å². The Morgan fingerprint density at radius 2 is 2.07 bits per heavy atom. The van der Waals surface area contributed by atoms with Crippen molar-refractivity contribution in [3.8, 4) is 6.07 Å². The summed E-state index contributed by atoms with van der Waals surface area (Å²) in [7, 11) is 0. The zero-order valence-electron chi connectivity index (χ0n) is 16.3. The number of aromatic nitrogens is 1. The Hall–Kier alpha value is -2.75. The van der Waals surface area contributed by atoms with Gasteiger partial charge in [-0.1, -0.05) is 29.3 Å². The number of nitriles is 1. The van der Waals surface area contributed by atoms with Gasteiger partial charge in [-0.2, -0.15) is 5.26 Å². The third kappa shape index (κ3) is 5.24. The molecule has 2 aliphatic rings. The van der Waals surface area contributed by atoms with Crippen molar-refractivity contribution in [1.82, 2.24) is 15.6 Å². The van der Waals surface area contributed by atoms with Crippen molar-refractivity contribution in [1.29, 1.82) is 5.26 Å². The van der Waals surface area contributed by atoms with Crippen molar-refractivity contribution in [3.63, 3.8) is 0 Å². The molecule has 0 spiro atoms. The Morgan fingerprint density at radius 1 is 1.20 bits per heavy atom. The molecule has 1 aromatic carbocycles. The van der Waals surface area contributed by atoms with Gasteiger partial charge in [0, 0.05) is 40.6 Å². The van der Waals surface area contributed by atoms with Gasteiger partial charge in [0.25, 0.3) is 0 Å². The molecule has 154 valence electrons. The number of benzene rings is 1. The summed E-state index contributed by atoms with van der Waals surface area (Å²) < 4.78 is 0. The van der Waals surface area contributed by atoms with Crippen LogP contribution in [0, 0.1) is 17.2 Å². The van der Waals surface area contributed by atoms with E-state index in [-0.39, 0.29) is 6.17 Å². The van der Waals surface area contributed by atoms with Crippen LogP contribution in [0.3, 0.4) is 0 Å². The standard InChI is InChI=1S/C22H22Cl2N6/c23-16-5-6-17(18(24)10-16)22-29-19(15-3-4-15)11-21(30-22)27-9-1-8-26-20-7-2-14(12-25)13-28-20/h2,5-7,10-11,13,15,22,29H,1,3-4,8-9H2,(H,26,28)(H,27,30). The Balaban J connectivity index is 1.36. The van der Waals surface area contributed by atoms with E-state index in [9.17, 15) is 0 Å². The summed E-state index contributed by atoms with van der Waals surface area (Å²) in [6.07, 6.45) is 6.80. The number of anilines is 1. The summed E-state index contributed by atoms with van der Waals surface area (Å²) >= 11 is 12.5. The van der Waals surface area contributed by atoms with Gasteiger partial charge >= 0.3 is 0 Å². The second kappa shape index (κ2) is 9.38. The van der Waals surface area contributed by atoms with E-state index in [2.05, 4.69) is 33.1 Å². The SMILES string of the molecule is N#Cc1ccc(NCCCN=C2C=C(C3CC3)NC(c3ccc(Cl)cc3Cl)N2)nc1. The number of allylic oxidation sites excluding steroid dienone is 1. The van der Waals surface area contributed by atoms with Crippen LogP contribution in [0.2, 0.25) is 10.0 Å². The first-order chi connectivity index (χ1) is 14.6. The molecule has 4 rings (SSSR count). The van der Waals surface area contributed by atoms with E-state index in [1.807, 2.05) is 18.2 Å². The molecule has 1 aliphatic carbocycles. The molecule has 3 N–H and O–H groups in total. The molecule has 1 aliphatic heterocycles. The van der Waals surface area contributed by atoms with Crippen LogP contribution in [-0.4, -0.2) is 23.9 Å². The largest absolute Gasteiger partial charge is 0.370 e. The molecule has 1 saturated carbocycles. The molecular formula is C22H22Cl2N6. The molecular weight excluding hydrogens is 419 g/mol. The maximum atomic E-state index is 8.82. The monoisotopic (exact) mass is 440 g/mol. The van der Waals surface area contributed by atoms with Crippen molar-refractivity contribution in [2.75, 3.05) is 18.4 Å². The molecule has 1 fully saturated rings. The van der Waals surface area contributed by atoms with Gasteiger partial charge in [-0.25, -0.2) is 4.98 Å². The molecule has 30 heavy (non-hydrogen) atoms. The second-order valence-corrected chi connectivity index (χ2v) is 8.20. The van der Waals surface area contributed by atoms with E-state index in [4.69, 9.17) is 33.5 Å². The number of nitrogens with zero attached hydrogens (tertiary/aromatic N) is 3. The number of halogens is 2. The maximum Gasteiger partial charge on any atom is 0.125 e. The topological polar surface area (TPSA) is 85.1 Å². The number of nitrogens with one attached hydrogen (secondary N) is 3. The van der Waals surface area contributed by atoms with Crippen molar-refractivity contribution in [2.24, 2.45) is 10.9 Å². The molecule has 1 unspecified atom stereocenters. The van der Waals surface area contributed by atoms with Gasteiger partial charge in [0.05, 0.1) is 5.56 Å². The molecule has 0 bridgehead atoms. The number of rotatable bonds is 7. The minimum atomic E-state index is -0.130. The van der Waals surface area contributed by atoms with Crippen LogP contribution >= 0.6 is 23.2 Å². The lowest BCUT2D eigenvalue weighted by Crippen LogP contribution is -2.42. The van der Waals surface area contributed by atoms with Crippen molar-refractivity contribution in [2.45, 2.75) is 25.4 Å². The fourth-order valence-electron chi connectivity index (χ4n) is 3.25. The van der Waals surface area contributed by atoms with Crippen LogP contribution in [0.15, 0.2) is 53.3 Å². The smallest absolute Gasteiger partial charge is 0.125 e. The third-order valence-corrected chi connectivity index (χ3v) is 5.56. The Kier molecular flexibility index (Phi) is 6.41. The van der Waals surface area contributed by atoms with E-state index in [1.54, 1.807) is 18.3 Å². The van der Waals surface area contributed by atoms with Gasteiger partial charge in [-0.05, 0) is 55.5 Å². The van der Waals surface area contributed by atoms with Crippen LogP contribution in [-0.2, 0) is 0 Å². The quantitative estimate of drug-likeness (QED) is 0.545. The van der Waals surface area contributed by atoms with Crippen LogP contribution in [0.5, 0.6) is 0 Å². The molecule has 0 amide bonds. The first-order valence-electron chi connectivity index (χ1n) is 9.96. The predicted molar refractivity (Wildman–Crippen MR) is 121 cm³/mol. The molecule has 2 heterocycles. The van der Waals surface area contributed by atoms with Gasteiger partial charge in [0.1, 0.15) is 23.9 Å². The molecule has 6 nitrogen and oxygen atoms in total. The van der Waals surface area contributed by atoms with Crippen molar-refractivity contribution in [3.05, 3.63) is 69.5 Å². The van der Waals surface area contributed by atoms with E-state index in [1.165, 1.54) is 18.5 Å². The van der Waals surface area contributed by atoms with Gasteiger partial charge in [-0.15, -0.1) is 0 Å². The summed E-state index contributed by atoms with van der Waals surface area (Å²) in [6, 6.07) is 11.2. The van der Waals surface area contributed by atoms with Crippen molar-refractivity contribution >= 4 is 34.9 Å². The third-order valence-electron chi connectivity index (χ3n) is 5.00. The van der Waals surface area contributed by atoms with Gasteiger partial charge < -0.3 is 16.0 Å².